The third-order valence-corrected chi connectivity index (χ3v) is 1.80. The van der Waals surface area contributed by atoms with Crippen molar-refractivity contribution in [3.63, 3.8) is 0 Å². The van der Waals surface area contributed by atoms with Crippen LogP contribution in [0.4, 0.5) is 0 Å². The van der Waals surface area contributed by atoms with E-state index in [4.69, 9.17) is 11.6 Å². The molecule has 0 bridgehead atoms. The van der Waals surface area contributed by atoms with Crippen LogP contribution in [0.15, 0.2) is 18.2 Å². The Bertz CT molecular complexity index is 245. The molecule has 0 unspecified atom stereocenters. The van der Waals surface area contributed by atoms with Crippen LogP contribution in [0.25, 0.3) is 0 Å². The molecule has 1 aromatic rings. The van der Waals surface area contributed by atoms with Crippen LogP contribution in [0.3, 0.4) is 0 Å². The lowest BCUT2D eigenvalue weighted by molar-refractivity contribution is 0.467. The van der Waals surface area contributed by atoms with Gasteiger partial charge >= 0.3 is 0 Å². The van der Waals surface area contributed by atoms with Crippen molar-refractivity contribution in [2.75, 3.05) is 0 Å². The minimum Gasteiger partial charge on any atom is -0.508 e. The summed E-state index contributed by atoms with van der Waals surface area (Å²) in [6.07, 6.45) is 1.94. The SMILES string of the molecule is CCCc1ccc(Cl)cc1O. The Balaban J connectivity index is 2.90. The van der Waals surface area contributed by atoms with E-state index in [-0.39, 0.29) is 0 Å². The first-order valence-electron chi connectivity index (χ1n) is 3.71. The molecule has 1 rings (SSSR count). The Kier molecular flexibility index (Phi) is 2.77. The summed E-state index contributed by atoms with van der Waals surface area (Å²) in [5.74, 6) is 0.305. The molecule has 2 heteroatoms. The molecule has 0 spiro atoms. The highest BCUT2D eigenvalue weighted by Crippen LogP contribution is 2.22. The zero-order valence-corrected chi connectivity index (χ0v) is 7.23. The Morgan fingerprint density at radius 1 is 1.45 bits per heavy atom. The van der Waals surface area contributed by atoms with Gasteiger partial charge in [0.1, 0.15) is 5.75 Å². The Morgan fingerprint density at radius 2 is 2.18 bits per heavy atom. The fourth-order valence-electron chi connectivity index (χ4n) is 1.02. The molecule has 0 radical (unpaired) electrons. The van der Waals surface area contributed by atoms with Crippen LogP contribution >= 0.6 is 11.6 Å². The van der Waals surface area contributed by atoms with Gasteiger partial charge in [-0.25, -0.2) is 0 Å². The number of phenols is 1. The molecule has 1 nitrogen and oxygen atoms in total. The molecule has 60 valence electrons. The summed E-state index contributed by atoms with van der Waals surface area (Å²) in [4.78, 5) is 0. The lowest BCUT2D eigenvalue weighted by atomic mass is 10.1. The average Bonchev–Trinajstić information content (AvgIpc) is 1.95. The summed E-state index contributed by atoms with van der Waals surface area (Å²) in [6, 6.07) is 5.24. The molecule has 0 aromatic heterocycles. The molecule has 0 saturated heterocycles. The van der Waals surface area contributed by atoms with Crippen LogP contribution in [0, 0.1) is 0 Å². The van der Waals surface area contributed by atoms with Crippen LogP contribution in [0.2, 0.25) is 5.02 Å². The van der Waals surface area contributed by atoms with Gasteiger partial charge in [0.2, 0.25) is 0 Å². The largest absolute Gasteiger partial charge is 0.508 e. The average molecular weight is 171 g/mol. The molecular formula is C9H11ClO. The zero-order valence-electron chi connectivity index (χ0n) is 6.47. The monoisotopic (exact) mass is 170 g/mol. The summed E-state index contributed by atoms with van der Waals surface area (Å²) in [6.45, 7) is 2.08. The number of hydrogen-bond donors (Lipinski definition) is 1. The van der Waals surface area contributed by atoms with E-state index in [1.165, 1.54) is 0 Å². The predicted molar refractivity (Wildman–Crippen MR) is 47.1 cm³/mol. The smallest absolute Gasteiger partial charge is 0.120 e. The first kappa shape index (κ1) is 8.41. The molecule has 0 aliphatic carbocycles. The zero-order chi connectivity index (χ0) is 8.27. The first-order valence-corrected chi connectivity index (χ1v) is 4.09. The number of rotatable bonds is 2. The van der Waals surface area contributed by atoms with E-state index in [1.807, 2.05) is 6.07 Å². The standard InChI is InChI=1S/C9H11ClO/c1-2-3-7-4-5-8(10)6-9(7)11/h4-6,11H,2-3H2,1H3. The maximum Gasteiger partial charge on any atom is 0.120 e. The maximum atomic E-state index is 9.34. The first-order chi connectivity index (χ1) is 5.24. The van der Waals surface area contributed by atoms with Gasteiger partial charge in [0.25, 0.3) is 0 Å². The van der Waals surface area contributed by atoms with E-state index in [0.717, 1.165) is 18.4 Å². The minimum atomic E-state index is 0.305. The van der Waals surface area contributed by atoms with Crippen molar-refractivity contribution in [1.29, 1.82) is 0 Å². The highest BCUT2D eigenvalue weighted by Gasteiger charge is 1.99. The van der Waals surface area contributed by atoms with Crippen molar-refractivity contribution >= 4 is 11.6 Å². The van der Waals surface area contributed by atoms with Crippen molar-refractivity contribution in [3.05, 3.63) is 28.8 Å². The summed E-state index contributed by atoms with van der Waals surface area (Å²) in [7, 11) is 0. The molecule has 0 saturated carbocycles. The van der Waals surface area contributed by atoms with Crippen LogP contribution in [0.5, 0.6) is 5.75 Å². The molecule has 11 heavy (non-hydrogen) atoms. The lowest BCUT2D eigenvalue weighted by Gasteiger charge is -2.01. The normalized spacial score (nSPS) is 10.0. The van der Waals surface area contributed by atoms with Crippen LogP contribution in [-0.2, 0) is 6.42 Å². The van der Waals surface area contributed by atoms with E-state index >= 15 is 0 Å². The second-order valence-electron chi connectivity index (χ2n) is 2.52. The summed E-state index contributed by atoms with van der Waals surface area (Å²) in [5.41, 5.74) is 0.969. The third-order valence-electron chi connectivity index (χ3n) is 1.57. The van der Waals surface area contributed by atoms with Gasteiger partial charge in [0, 0.05) is 5.02 Å². The van der Waals surface area contributed by atoms with E-state index in [9.17, 15) is 5.11 Å². The fourth-order valence-corrected chi connectivity index (χ4v) is 1.18. The van der Waals surface area contributed by atoms with E-state index in [0.29, 0.717) is 10.8 Å². The van der Waals surface area contributed by atoms with Gasteiger partial charge in [-0.2, -0.15) is 0 Å². The number of aromatic hydroxyl groups is 1. The predicted octanol–water partition coefficient (Wildman–Crippen LogP) is 3.00. The molecule has 0 aliphatic heterocycles. The summed E-state index contributed by atoms with van der Waals surface area (Å²) < 4.78 is 0. The second-order valence-corrected chi connectivity index (χ2v) is 2.96. The van der Waals surface area contributed by atoms with Gasteiger partial charge in [0.05, 0.1) is 0 Å². The van der Waals surface area contributed by atoms with E-state index < -0.39 is 0 Å². The molecule has 0 aliphatic rings. The van der Waals surface area contributed by atoms with Crippen molar-refractivity contribution < 1.29 is 5.11 Å². The van der Waals surface area contributed by atoms with Gasteiger partial charge < -0.3 is 5.11 Å². The van der Waals surface area contributed by atoms with Crippen LogP contribution in [-0.4, -0.2) is 5.11 Å². The fraction of sp³-hybridized carbons (Fsp3) is 0.333. The van der Waals surface area contributed by atoms with Crippen LogP contribution in [0.1, 0.15) is 18.9 Å². The van der Waals surface area contributed by atoms with Crippen molar-refractivity contribution in [2.45, 2.75) is 19.8 Å². The van der Waals surface area contributed by atoms with E-state index in [1.54, 1.807) is 12.1 Å². The van der Waals surface area contributed by atoms with Crippen LogP contribution < -0.4 is 0 Å². The van der Waals surface area contributed by atoms with Gasteiger partial charge in [0.15, 0.2) is 0 Å². The Morgan fingerprint density at radius 3 is 2.73 bits per heavy atom. The van der Waals surface area contributed by atoms with Gasteiger partial charge in [-0.15, -0.1) is 0 Å². The van der Waals surface area contributed by atoms with Gasteiger partial charge in [-0.05, 0) is 24.1 Å². The van der Waals surface area contributed by atoms with Gasteiger partial charge in [-0.3, -0.25) is 0 Å². The number of aryl methyl sites for hydroxylation is 1. The molecular weight excluding hydrogens is 160 g/mol. The Labute approximate surface area is 71.6 Å². The van der Waals surface area contributed by atoms with Crippen molar-refractivity contribution in [1.82, 2.24) is 0 Å². The molecule has 0 fully saturated rings. The van der Waals surface area contributed by atoms with Crippen molar-refractivity contribution in [3.8, 4) is 5.75 Å². The maximum absolute atomic E-state index is 9.34. The minimum absolute atomic E-state index is 0.305. The molecule has 0 atom stereocenters. The molecule has 1 N–H and O–H groups in total. The summed E-state index contributed by atoms with van der Waals surface area (Å²) in [5, 5.41) is 9.92. The molecule has 1 aromatic carbocycles. The highest BCUT2D eigenvalue weighted by atomic mass is 35.5. The topological polar surface area (TPSA) is 20.2 Å². The molecule has 0 heterocycles. The number of hydrogen-bond acceptors (Lipinski definition) is 1. The second kappa shape index (κ2) is 3.63. The quantitative estimate of drug-likeness (QED) is 0.724. The van der Waals surface area contributed by atoms with Crippen molar-refractivity contribution in [2.24, 2.45) is 0 Å². The highest BCUT2D eigenvalue weighted by molar-refractivity contribution is 6.30. The number of halogens is 1. The lowest BCUT2D eigenvalue weighted by Crippen LogP contribution is -1.82. The number of phenolic OH excluding ortho intramolecular Hbond substituents is 1. The molecule has 0 amide bonds. The number of benzene rings is 1. The van der Waals surface area contributed by atoms with Gasteiger partial charge in [-0.1, -0.05) is 31.0 Å². The Hall–Kier alpha value is -0.690. The third kappa shape index (κ3) is 2.12. The van der Waals surface area contributed by atoms with E-state index in [2.05, 4.69) is 6.92 Å². The summed E-state index contributed by atoms with van der Waals surface area (Å²) >= 11 is 5.66.